The first kappa shape index (κ1) is 12.0. The largest absolute Gasteiger partial charge is 0.504 e. The Kier molecular flexibility index (Phi) is 3.86. The lowest BCUT2D eigenvalue weighted by Gasteiger charge is -2.08. The van der Waals surface area contributed by atoms with Crippen molar-refractivity contribution < 1.29 is 14.6 Å². The number of hydrogen-bond donors (Lipinski definition) is 2. The summed E-state index contributed by atoms with van der Waals surface area (Å²) >= 11 is 0. The van der Waals surface area contributed by atoms with E-state index in [-0.39, 0.29) is 41.4 Å². The number of rotatable bonds is 4. The minimum Gasteiger partial charge on any atom is -0.504 e. The zero-order valence-electron chi connectivity index (χ0n) is 8.86. The highest BCUT2D eigenvalue weighted by Gasteiger charge is 2.16. The predicted octanol–water partition coefficient (Wildman–Crippen LogP) is 0.804. The van der Waals surface area contributed by atoms with Crippen LogP contribution in [-0.4, -0.2) is 24.5 Å². The Balaban J connectivity index is 3.27. The fourth-order valence-corrected chi connectivity index (χ4v) is 1.31. The number of ether oxygens (including phenoxy) is 1. The van der Waals surface area contributed by atoms with Crippen LogP contribution in [0.25, 0.3) is 0 Å². The summed E-state index contributed by atoms with van der Waals surface area (Å²) in [6.45, 7) is 0.192. The van der Waals surface area contributed by atoms with Crippen LogP contribution in [0.4, 0.5) is 0 Å². The molecule has 0 aliphatic rings. The average Bonchev–Trinajstić information content (AvgIpc) is 2.29. The standard InChI is InChI=1S/C11H12N2O3/c1-16-10-5-7(6-13)4-8(11(10)15)9(14)2-3-12/h4-5,15H,2-3,12H2,1H3. The van der Waals surface area contributed by atoms with Crippen LogP contribution in [0.1, 0.15) is 22.3 Å². The average molecular weight is 220 g/mol. The van der Waals surface area contributed by atoms with Gasteiger partial charge in [0.25, 0.3) is 0 Å². The number of methoxy groups -OCH3 is 1. The minimum absolute atomic E-state index is 0.0707. The van der Waals surface area contributed by atoms with Gasteiger partial charge in [-0.15, -0.1) is 0 Å². The topological polar surface area (TPSA) is 96.3 Å². The summed E-state index contributed by atoms with van der Waals surface area (Å²) in [4.78, 5) is 11.6. The molecule has 0 amide bonds. The second-order valence-electron chi connectivity index (χ2n) is 3.15. The summed E-state index contributed by atoms with van der Waals surface area (Å²) in [5, 5.41) is 18.5. The van der Waals surface area contributed by atoms with Gasteiger partial charge >= 0.3 is 0 Å². The summed E-state index contributed by atoms with van der Waals surface area (Å²) in [5.74, 6) is -0.449. The van der Waals surface area contributed by atoms with Gasteiger partial charge in [0.15, 0.2) is 17.3 Å². The summed E-state index contributed by atoms with van der Waals surface area (Å²) in [6.07, 6.45) is 0.117. The van der Waals surface area contributed by atoms with Gasteiger partial charge in [-0.05, 0) is 12.6 Å². The number of carbonyl (C=O) groups excluding carboxylic acids is 1. The summed E-state index contributed by atoms with van der Waals surface area (Å²) < 4.78 is 4.87. The molecule has 16 heavy (non-hydrogen) atoms. The number of benzene rings is 1. The number of phenols is 1. The van der Waals surface area contributed by atoms with Crippen molar-refractivity contribution in [3.05, 3.63) is 23.3 Å². The highest BCUT2D eigenvalue weighted by atomic mass is 16.5. The molecule has 0 heterocycles. The third-order valence-electron chi connectivity index (χ3n) is 2.10. The van der Waals surface area contributed by atoms with Crippen LogP contribution in [0.3, 0.4) is 0 Å². The normalized spacial score (nSPS) is 9.56. The molecule has 84 valence electrons. The molecule has 0 atom stereocenters. The molecule has 0 radical (unpaired) electrons. The summed E-state index contributed by atoms with van der Waals surface area (Å²) in [6, 6.07) is 4.59. The Morgan fingerprint density at radius 3 is 2.81 bits per heavy atom. The van der Waals surface area contributed by atoms with Gasteiger partial charge in [0.05, 0.1) is 24.3 Å². The fraction of sp³-hybridized carbons (Fsp3) is 0.273. The van der Waals surface area contributed by atoms with Crippen molar-refractivity contribution in [2.24, 2.45) is 5.73 Å². The first-order valence-corrected chi connectivity index (χ1v) is 4.68. The van der Waals surface area contributed by atoms with Crippen LogP contribution in [0.15, 0.2) is 12.1 Å². The van der Waals surface area contributed by atoms with E-state index in [1.807, 2.05) is 6.07 Å². The molecular formula is C11H12N2O3. The van der Waals surface area contributed by atoms with Gasteiger partial charge in [0, 0.05) is 12.5 Å². The Morgan fingerprint density at radius 2 is 2.31 bits per heavy atom. The molecule has 0 aliphatic carbocycles. The van der Waals surface area contributed by atoms with Crippen molar-refractivity contribution in [2.45, 2.75) is 6.42 Å². The van der Waals surface area contributed by atoms with Crippen LogP contribution in [0, 0.1) is 11.3 Å². The van der Waals surface area contributed by atoms with E-state index in [0.29, 0.717) is 0 Å². The van der Waals surface area contributed by atoms with Crippen molar-refractivity contribution >= 4 is 5.78 Å². The summed E-state index contributed by atoms with van der Waals surface area (Å²) in [7, 11) is 1.35. The van der Waals surface area contributed by atoms with E-state index in [1.165, 1.54) is 19.2 Å². The van der Waals surface area contributed by atoms with Crippen molar-refractivity contribution in [2.75, 3.05) is 13.7 Å². The quantitative estimate of drug-likeness (QED) is 0.732. The van der Waals surface area contributed by atoms with Crippen LogP contribution >= 0.6 is 0 Å². The van der Waals surface area contributed by atoms with Crippen LogP contribution in [-0.2, 0) is 0 Å². The van der Waals surface area contributed by atoms with E-state index in [1.54, 1.807) is 0 Å². The molecule has 0 saturated heterocycles. The molecule has 0 aliphatic heterocycles. The van der Waals surface area contributed by atoms with Crippen molar-refractivity contribution in [1.82, 2.24) is 0 Å². The molecule has 1 aromatic rings. The van der Waals surface area contributed by atoms with Crippen molar-refractivity contribution in [3.8, 4) is 17.6 Å². The molecule has 0 fully saturated rings. The number of hydrogen-bond acceptors (Lipinski definition) is 5. The molecule has 5 nitrogen and oxygen atoms in total. The van der Waals surface area contributed by atoms with E-state index in [9.17, 15) is 9.90 Å². The Morgan fingerprint density at radius 1 is 1.62 bits per heavy atom. The Bertz CT molecular complexity index is 449. The number of nitriles is 1. The molecule has 1 rings (SSSR count). The number of nitrogens with zero attached hydrogens (tertiary/aromatic N) is 1. The zero-order chi connectivity index (χ0) is 12.1. The van der Waals surface area contributed by atoms with Crippen LogP contribution in [0.5, 0.6) is 11.5 Å². The first-order chi connectivity index (χ1) is 7.63. The second kappa shape index (κ2) is 5.14. The van der Waals surface area contributed by atoms with Gasteiger partial charge in [-0.1, -0.05) is 0 Å². The molecule has 0 aromatic heterocycles. The number of nitrogens with two attached hydrogens (primary N) is 1. The minimum atomic E-state index is -0.310. The number of ketones is 1. The molecule has 0 saturated carbocycles. The van der Waals surface area contributed by atoms with Gasteiger partial charge in [-0.25, -0.2) is 0 Å². The van der Waals surface area contributed by atoms with Gasteiger partial charge in [0.2, 0.25) is 0 Å². The second-order valence-corrected chi connectivity index (χ2v) is 3.15. The van der Waals surface area contributed by atoms with Gasteiger partial charge < -0.3 is 15.6 Å². The third kappa shape index (κ3) is 2.30. The molecular weight excluding hydrogens is 208 g/mol. The maximum atomic E-state index is 11.6. The van der Waals surface area contributed by atoms with E-state index in [0.717, 1.165) is 0 Å². The first-order valence-electron chi connectivity index (χ1n) is 4.68. The SMILES string of the molecule is COc1cc(C#N)cc(C(=O)CCN)c1O. The highest BCUT2D eigenvalue weighted by Crippen LogP contribution is 2.31. The van der Waals surface area contributed by atoms with E-state index < -0.39 is 0 Å². The smallest absolute Gasteiger partial charge is 0.168 e. The van der Waals surface area contributed by atoms with Crippen LogP contribution in [0.2, 0.25) is 0 Å². The Labute approximate surface area is 93.1 Å². The number of Topliss-reactive ketones (excluding diaryl/α,β-unsaturated/α-hetero) is 1. The lowest BCUT2D eigenvalue weighted by atomic mass is 10.0. The highest BCUT2D eigenvalue weighted by molar-refractivity contribution is 5.99. The Hall–Kier alpha value is -2.06. The van der Waals surface area contributed by atoms with Gasteiger partial charge in [-0.3, -0.25) is 4.79 Å². The molecule has 1 aromatic carbocycles. The lowest BCUT2D eigenvalue weighted by Crippen LogP contribution is -2.09. The number of carbonyl (C=O) groups is 1. The third-order valence-corrected chi connectivity index (χ3v) is 2.10. The maximum absolute atomic E-state index is 11.6. The lowest BCUT2D eigenvalue weighted by molar-refractivity contribution is 0.0982. The van der Waals surface area contributed by atoms with E-state index >= 15 is 0 Å². The van der Waals surface area contributed by atoms with Gasteiger partial charge in [-0.2, -0.15) is 5.26 Å². The van der Waals surface area contributed by atoms with E-state index in [2.05, 4.69) is 0 Å². The number of aromatic hydroxyl groups is 1. The molecule has 0 unspecified atom stereocenters. The molecule has 0 spiro atoms. The van der Waals surface area contributed by atoms with Crippen LogP contribution < -0.4 is 10.5 Å². The fourth-order valence-electron chi connectivity index (χ4n) is 1.31. The van der Waals surface area contributed by atoms with Gasteiger partial charge in [0.1, 0.15) is 0 Å². The van der Waals surface area contributed by atoms with E-state index in [4.69, 9.17) is 15.7 Å². The molecule has 0 bridgehead atoms. The maximum Gasteiger partial charge on any atom is 0.168 e. The molecule has 5 heteroatoms. The predicted molar refractivity (Wildman–Crippen MR) is 57.4 cm³/mol. The number of phenolic OH excluding ortho intramolecular Hbond substituents is 1. The zero-order valence-corrected chi connectivity index (χ0v) is 8.86. The van der Waals surface area contributed by atoms with Crippen molar-refractivity contribution in [3.63, 3.8) is 0 Å². The summed E-state index contributed by atoms with van der Waals surface area (Å²) in [5.41, 5.74) is 5.59. The molecule has 3 N–H and O–H groups in total. The van der Waals surface area contributed by atoms with Crippen molar-refractivity contribution in [1.29, 1.82) is 5.26 Å². The monoisotopic (exact) mass is 220 g/mol.